The second kappa shape index (κ2) is 4.34. The molecule has 1 aliphatic rings. The zero-order valence-electron chi connectivity index (χ0n) is 10.8. The molecule has 0 amide bonds. The van der Waals surface area contributed by atoms with Crippen molar-refractivity contribution in [1.29, 1.82) is 0 Å². The molecule has 1 N–H and O–H groups in total. The van der Waals surface area contributed by atoms with E-state index >= 15 is 0 Å². The first-order chi connectivity index (χ1) is 9.83. The number of rotatable bonds is 1. The van der Waals surface area contributed by atoms with Gasteiger partial charge in [-0.15, -0.1) is 0 Å². The Balaban J connectivity index is 1.86. The van der Waals surface area contributed by atoms with Crippen LogP contribution in [-0.2, 0) is 0 Å². The Kier molecular flexibility index (Phi) is 2.49. The second-order valence-electron chi connectivity index (χ2n) is 4.99. The number of aromatic amines is 1. The molecule has 2 aromatic carbocycles. The Labute approximate surface area is 115 Å². The highest BCUT2D eigenvalue weighted by molar-refractivity contribution is 5.75. The Morgan fingerprint density at radius 2 is 2.05 bits per heavy atom. The Morgan fingerprint density at radius 3 is 2.95 bits per heavy atom. The van der Waals surface area contributed by atoms with E-state index in [0.29, 0.717) is 12.1 Å². The molecule has 100 valence electrons. The smallest absolute Gasteiger partial charge is 0.151 e. The standard InChI is InChI=1S/C16H13FN2O/c17-12-5-3-6-13-15(12)19-16(18-13)11-8-9-20-14-7-2-1-4-10(11)14/h1-7,11H,8-9H2,(H,18,19). The van der Waals surface area contributed by atoms with Gasteiger partial charge in [0.15, 0.2) is 5.82 Å². The van der Waals surface area contributed by atoms with Gasteiger partial charge in [0.1, 0.15) is 17.1 Å². The van der Waals surface area contributed by atoms with Gasteiger partial charge in [-0.05, 0) is 24.6 Å². The van der Waals surface area contributed by atoms with Crippen LogP contribution in [0.15, 0.2) is 42.5 Å². The fourth-order valence-corrected chi connectivity index (χ4v) is 2.81. The fraction of sp³-hybridized carbons (Fsp3) is 0.188. The SMILES string of the molecule is Fc1cccc2[nH]c(C3CCOc4ccccc43)nc12. The monoisotopic (exact) mass is 268 g/mol. The summed E-state index contributed by atoms with van der Waals surface area (Å²) in [6.07, 6.45) is 0.846. The number of para-hydroxylation sites is 2. The molecule has 1 aromatic heterocycles. The average Bonchev–Trinajstić information content (AvgIpc) is 2.92. The van der Waals surface area contributed by atoms with E-state index in [1.54, 1.807) is 6.07 Å². The van der Waals surface area contributed by atoms with Gasteiger partial charge >= 0.3 is 0 Å². The number of aromatic nitrogens is 2. The van der Waals surface area contributed by atoms with Crippen molar-refractivity contribution < 1.29 is 9.13 Å². The highest BCUT2D eigenvalue weighted by atomic mass is 19.1. The van der Waals surface area contributed by atoms with Crippen LogP contribution < -0.4 is 4.74 Å². The maximum Gasteiger partial charge on any atom is 0.151 e. The van der Waals surface area contributed by atoms with Gasteiger partial charge in [-0.2, -0.15) is 0 Å². The van der Waals surface area contributed by atoms with Crippen molar-refractivity contribution in [2.45, 2.75) is 12.3 Å². The molecule has 2 heterocycles. The Bertz CT molecular complexity index is 781. The maximum atomic E-state index is 13.8. The summed E-state index contributed by atoms with van der Waals surface area (Å²) in [5.74, 6) is 1.54. The molecule has 3 nitrogen and oxygen atoms in total. The minimum absolute atomic E-state index is 0.131. The lowest BCUT2D eigenvalue weighted by atomic mass is 9.92. The summed E-state index contributed by atoms with van der Waals surface area (Å²) in [4.78, 5) is 7.69. The lowest BCUT2D eigenvalue weighted by Crippen LogP contribution is -2.16. The van der Waals surface area contributed by atoms with Crippen LogP contribution in [0.3, 0.4) is 0 Å². The van der Waals surface area contributed by atoms with Gasteiger partial charge in [-0.3, -0.25) is 0 Å². The molecule has 4 rings (SSSR count). The predicted molar refractivity (Wildman–Crippen MR) is 74.4 cm³/mol. The zero-order chi connectivity index (χ0) is 13.5. The third-order valence-corrected chi connectivity index (χ3v) is 3.77. The first-order valence-corrected chi connectivity index (χ1v) is 6.69. The summed E-state index contributed by atoms with van der Waals surface area (Å²) in [5.41, 5.74) is 2.26. The first-order valence-electron chi connectivity index (χ1n) is 6.69. The Hall–Kier alpha value is -2.36. The second-order valence-corrected chi connectivity index (χ2v) is 4.99. The lowest BCUT2D eigenvalue weighted by Gasteiger charge is -2.24. The van der Waals surface area contributed by atoms with Crippen molar-refractivity contribution >= 4 is 11.0 Å². The molecule has 20 heavy (non-hydrogen) atoms. The minimum Gasteiger partial charge on any atom is -0.493 e. The minimum atomic E-state index is -0.287. The van der Waals surface area contributed by atoms with Gasteiger partial charge < -0.3 is 9.72 Å². The number of nitrogens with zero attached hydrogens (tertiary/aromatic N) is 1. The average molecular weight is 268 g/mol. The van der Waals surface area contributed by atoms with E-state index < -0.39 is 0 Å². The number of nitrogens with one attached hydrogen (secondary N) is 1. The quantitative estimate of drug-likeness (QED) is 0.732. The highest BCUT2D eigenvalue weighted by Gasteiger charge is 2.25. The first kappa shape index (κ1) is 11.5. The number of hydrogen-bond acceptors (Lipinski definition) is 2. The molecule has 0 saturated heterocycles. The van der Waals surface area contributed by atoms with Gasteiger partial charge in [0.2, 0.25) is 0 Å². The van der Waals surface area contributed by atoms with Gasteiger partial charge in [-0.25, -0.2) is 9.37 Å². The van der Waals surface area contributed by atoms with Crippen LogP contribution in [0.1, 0.15) is 23.7 Å². The van der Waals surface area contributed by atoms with E-state index in [0.717, 1.165) is 29.1 Å². The molecule has 0 aliphatic carbocycles. The number of fused-ring (bicyclic) bond motifs is 2. The van der Waals surface area contributed by atoms with Crippen LogP contribution in [0.25, 0.3) is 11.0 Å². The molecule has 1 atom stereocenters. The van der Waals surface area contributed by atoms with Crippen LogP contribution in [0.5, 0.6) is 5.75 Å². The van der Waals surface area contributed by atoms with Gasteiger partial charge in [0.25, 0.3) is 0 Å². The third-order valence-electron chi connectivity index (χ3n) is 3.77. The van der Waals surface area contributed by atoms with E-state index in [1.165, 1.54) is 6.07 Å². The van der Waals surface area contributed by atoms with Crippen LogP contribution in [-0.4, -0.2) is 16.6 Å². The molecule has 0 saturated carbocycles. The van der Waals surface area contributed by atoms with E-state index in [-0.39, 0.29) is 11.7 Å². The molecule has 4 heteroatoms. The summed E-state index contributed by atoms with van der Waals surface area (Å²) in [6.45, 7) is 0.654. The molecule has 3 aromatic rings. The highest BCUT2D eigenvalue weighted by Crippen LogP contribution is 2.37. The normalized spacial score (nSPS) is 17.8. The molecule has 1 aliphatic heterocycles. The van der Waals surface area contributed by atoms with E-state index in [4.69, 9.17) is 4.74 Å². The van der Waals surface area contributed by atoms with Crippen LogP contribution in [0, 0.1) is 5.82 Å². The number of benzene rings is 2. The third kappa shape index (κ3) is 1.68. The summed E-state index contributed by atoms with van der Waals surface area (Å²) >= 11 is 0. The lowest BCUT2D eigenvalue weighted by molar-refractivity contribution is 0.275. The molecular weight excluding hydrogens is 255 g/mol. The Morgan fingerprint density at radius 1 is 1.15 bits per heavy atom. The predicted octanol–water partition coefficient (Wildman–Crippen LogP) is 3.62. The number of halogens is 1. The van der Waals surface area contributed by atoms with Crippen LogP contribution >= 0.6 is 0 Å². The molecule has 0 fully saturated rings. The van der Waals surface area contributed by atoms with Crippen molar-refractivity contribution in [2.75, 3.05) is 6.61 Å². The number of ether oxygens (including phenoxy) is 1. The number of imidazole rings is 1. The number of H-pyrrole nitrogens is 1. The van der Waals surface area contributed by atoms with E-state index in [1.807, 2.05) is 30.3 Å². The summed E-state index contributed by atoms with van der Waals surface area (Å²) in [5, 5.41) is 0. The number of hydrogen-bond donors (Lipinski definition) is 1. The topological polar surface area (TPSA) is 37.9 Å². The van der Waals surface area contributed by atoms with Gasteiger partial charge in [-0.1, -0.05) is 24.3 Å². The maximum absolute atomic E-state index is 13.8. The molecule has 0 radical (unpaired) electrons. The van der Waals surface area contributed by atoms with Crippen molar-refractivity contribution in [3.63, 3.8) is 0 Å². The zero-order valence-corrected chi connectivity index (χ0v) is 10.8. The summed E-state index contributed by atoms with van der Waals surface area (Å²) in [6, 6.07) is 12.9. The fourth-order valence-electron chi connectivity index (χ4n) is 2.81. The van der Waals surface area contributed by atoms with Crippen molar-refractivity contribution in [3.8, 4) is 5.75 Å². The van der Waals surface area contributed by atoms with E-state index in [9.17, 15) is 4.39 Å². The van der Waals surface area contributed by atoms with E-state index in [2.05, 4.69) is 9.97 Å². The van der Waals surface area contributed by atoms with Gasteiger partial charge in [0, 0.05) is 11.5 Å². The van der Waals surface area contributed by atoms with Crippen LogP contribution in [0.2, 0.25) is 0 Å². The van der Waals surface area contributed by atoms with Crippen molar-refractivity contribution in [1.82, 2.24) is 9.97 Å². The molecule has 0 spiro atoms. The van der Waals surface area contributed by atoms with Crippen molar-refractivity contribution in [3.05, 3.63) is 59.7 Å². The summed E-state index contributed by atoms with van der Waals surface area (Å²) < 4.78 is 19.4. The van der Waals surface area contributed by atoms with Gasteiger partial charge in [0.05, 0.1) is 12.1 Å². The largest absolute Gasteiger partial charge is 0.493 e. The summed E-state index contributed by atoms with van der Waals surface area (Å²) in [7, 11) is 0. The van der Waals surface area contributed by atoms with Crippen LogP contribution in [0.4, 0.5) is 4.39 Å². The van der Waals surface area contributed by atoms with Crippen molar-refractivity contribution in [2.24, 2.45) is 0 Å². The molecule has 1 unspecified atom stereocenters. The molecule has 0 bridgehead atoms. The molecular formula is C16H13FN2O.